The van der Waals surface area contributed by atoms with Gasteiger partial charge in [0.05, 0.1) is 16.5 Å². The molecule has 4 aromatic rings. The lowest BCUT2D eigenvalue weighted by Gasteiger charge is -2.36. The number of aliphatic carboxylic acids is 1. The van der Waals surface area contributed by atoms with Crippen molar-refractivity contribution >= 4 is 29.0 Å². The molecule has 1 atom stereocenters. The van der Waals surface area contributed by atoms with E-state index in [-0.39, 0.29) is 0 Å². The van der Waals surface area contributed by atoms with Crippen molar-refractivity contribution in [1.82, 2.24) is 10.1 Å². The minimum absolute atomic E-state index is 0.396. The van der Waals surface area contributed by atoms with Gasteiger partial charge in [0.1, 0.15) is 17.2 Å². The molecule has 0 saturated heterocycles. The van der Waals surface area contributed by atoms with E-state index in [9.17, 15) is 14.7 Å². The molecule has 2 aliphatic carbocycles. The number of aryl methyl sites for hydroxylation is 1. The summed E-state index contributed by atoms with van der Waals surface area (Å²) in [6, 6.07) is 22.5. The third-order valence-electron chi connectivity index (χ3n) is 8.02. The summed E-state index contributed by atoms with van der Waals surface area (Å²) < 4.78 is 5.95. The molecular formula is C32H28N4O4. The lowest BCUT2D eigenvalue weighted by Crippen LogP contribution is -2.41. The molecule has 6 rings (SSSR count). The van der Waals surface area contributed by atoms with Crippen LogP contribution in [0.1, 0.15) is 46.6 Å². The number of allylic oxidation sites excluding steroid dienone is 4. The first-order chi connectivity index (χ1) is 19.3. The number of amides is 1. The Morgan fingerprint density at radius 1 is 1.00 bits per heavy atom. The number of carbonyl (C=O) groups excluding carboxylic acids is 1. The molecule has 1 fully saturated rings. The van der Waals surface area contributed by atoms with E-state index in [1.165, 1.54) is 0 Å². The summed E-state index contributed by atoms with van der Waals surface area (Å²) in [6.07, 6.45) is 7.62. The highest BCUT2D eigenvalue weighted by molar-refractivity contribution is 5.94. The molecule has 2 aromatic heterocycles. The predicted octanol–water partition coefficient (Wildman–Crippen LogP) is 6.03. The Morgan fingerprint density at radius 2 is 1.75 bits per heavy atom. The normalized spacial score (nSPS) is 19.1. The molecule has 0 aliphatic heterocycles. The molecule has 8 nitrogen and oxygen atoms in total. The van der Waals surface area contributed by atoms with Crippen molar-refractivity contribution in [3.8, 4) is 11.3 Å². The summed E-state index contributed by atoms with van der Waals surface area (Å²) >= 11 is 0. The molecule has 8 heteroatoms. The van der Waals surface area contributed by atoms with Gasteiger partial charge in [-0.1, -0.05) is 71.9 Å². The van der Waals surface area contributed by atoms with E-state index in [1.807, 2.05) is 73.7 Å². The van der Waals surface area contributed by atoms with Crippen LogP contribution in [0, 0.1) is 12.3 Å². The Balaban J connectivity index is 1.39. The molecule has 0 radical (unpaired) electrons. The maximum Gasteiger partial charge on any atom is 0.311 e. The van der Waals surface area contributed by atoms with Gasteiger partial charge in [0.25, 0.3) is 0 Å². The zero-order chi connectivity index (χ0) is 27.9. The second-order valence-corrected chi connectivity index (χ2v) is 10.4. The monoisotopic (exact) mass is 532 g/mol. The van der Waals surface area contributed by atoms with Crippen LogP contribution in [0.5, 0.6) is 0 Å². The highest BCUT2D eigenvalue weighted by atomic mass is 16.5. The number of anilines is 2. The average Bonchev–Trinajstić information content (AvgIpc) is 3.73. The van der Waals surface area contributed by atoms with Crippen molar-refractivity contribution < 1.29 is 19.2 Å². The Morgan fingerprint density at radius 3 is 2.42 bits per heavy atom. The third-order valence-corrected chi connectivity index (χ3v) is 8.02. The third kappa shape index (κ3) is 4.18. The Kier molecular flexibility index (Phi) is 6.10. The van der Waals surface area contributed by atoms with Crippen molar-refractivity contribution in [3.63, 3.8) is 0 Å². The van der Waals surface area contributed by atoms with Crippen molar-refractivity contribution in [3.05, 3.63) is 114 Å². The lowest BCUT2D eigenvalue weighted by molar-refractivity contribution is -0.146. The van der Waals surface area contributed by atoms with Crippen LogP contribution in [-0.2, 0) is 10.2 Å². The SMILES string of the molecule is Cc1noc(C2(C3(C(=O)O)CC3)C=CC(c3ccccc3)=CC2)c1Nc1cccc(-c2cccc(C(N)=O)c2)n1. The van der Waals surface area contributed by atoms with Crippen molar-refractivity contribution in [2.75, 3.05) is 5.32 Å². The molecule has 0 bridgehead atoms. The molecule has 40 heavy (non-hydrogen) atoms. The van der Waals surface area contributed by atoms with E-state index in [4.69, 9.17) is 15.2 Å². The highest BCUT2D eigenvalue weighted by Crippen LogP contribution is 2.64. The number of hydrogen-bond acceptors (Lipinski definition) is 6. The number of nitrogens with one attached hydrogen (secondary N) is 1. The van der Waals surface area contributed by atoms with E-state index in [1.54, 1.807) is 18.2 Å². The molecule has 200 valence electrons. The number of nitrogens with zero attached hydrogens (tertiary/aromatic N) is 2. The van der Waals surface area contributed by atoms with Gasteiger partial charge >= 0.3 is 5.97 Å². The number of primary amides is 1. The van der Waals surface area contributed by atoms with Gasteiger partial charge in [0.2, 0.25) is 5.91 Å². The molecule has 2 aliphatic rings. The van der Waals surface area contributed by atoms with Gasteiger partial charge in [0, 0.05) is 11.1 Å². The number of carboxylic acid groups (broad SMARTS) is 1. The molecule has 1 unspecified atom stereocenters. The van der Waals surface area contributed by atoms with Gasteiger partial charge in [-0.05, 0) is 61.6 Å². The van der Waals surface area contributed by atoms with E-state index in [2.05, 4.69) is 16.5 Å². The number of hydrogen-bond donors (Lipinski definition) is 3. The van der Waals surface area contributed by atoms with Crippen LogP contribution >= 0.6 is 0 Å². The van der Waals surface area contributed by atoms with Gasteiger partial charge in [-0.2, -0.15) is 0 Å². The summed E-state index contributed by atoms with van der Waals surface area (Å²) in [5.41, 5.74) is 8.65. The second-order valence-electron chi connectivity index (χ2n) is 10.4. The fourth-order valence-corrected chi connectivity index (χ4v) is 5.65. The smallest absolute Gasteiger partial charge is 0.311 e. The van der Waals surface area contributed by atoms with E-state index >= 15 is 0 Å². The number of rotatable bonds is 8. The minimum Gasteiger partial charge on any atom is -0.481 e. The van der Waals surface area contributed by atoms with Crippen molar-refractivity contribution in [1.29, 1.82) is 0 Å². The lowest BCUT2D eigenvalue weighted by atomic mass is 9.65. The fourth-order valence-electron chi connectivity index (χ4n) is 5.65. The molecule has 2 heterocycles. The standard InChI is InChI=1S/C32H28N4O4/c1-20-27(35-26-12-6-11-25(34-26)23-9-5-10-24(19-23)29(33)37)28(40-36-20)31(32(17-18-32)30(38)39)15-13-22(14-16-31)21-7-3-2-4-8-21/h2-15,19H,16-18H2,1H3,(H2,33,37)(H,34,35)(H,38,39). The zero-order valence-corrected chi connectivity index (χ0v) is 21.9. The topological polar surface area (TPSA) is 131 Å². The van der Waals surface area contributed by atoms with Gasteiger partial charge in [0.15, 0.2) is 5.76 Å². The van der Waals surface area contributed by atoms with Crippen LogP contribution < -0.4 is 11.1 Å². The molecule has 2 aromatic carbocycles. The maximum absolute atomic E-state index is 12.7. The number of carbonyl (C=O) groups is 2. The van der Waals surface area contributed by atoms with Gasteiger partial charge in [-0.25, -0.2) is 4.98 Å². The first-order valence-corrected chi connectivity index (χ1v) is 13.1. The fraction of sp³-hybridized carbons (Fsp3) is 0.188. The minimum atomic E-state index is -0.991. The Labute approximate surface area is 231 Å². The molecule has 1 saturated carbocycles. The van der Waals surface area contributed by atoms with Crippen LogP contribution in [0.3, 0.4) is 0 Å². The molecular weight excluding hydrogens is 504 g/mol. The predicted molar refractivity (Wildman–Crippen MR) is 152 cm³/mol. The largest absolute Gasteiger partial charge is 0.481 e. The van der Waals surface area contributed by atoms with E-state index in [0.717, 1.165) is 16.7 Å². The number of carboxylic acids is 1. The highest BCUT2D eigenvalue weighted by Gasteiger charge is 2.66. The van der Waals surface area contributed by atoms with Crippen LogP contribution in [0.4, 0.5) is 11.5 Å². The van der Waals surface area contributed by atoms with Crippen LogP contribution in [0.15, 0.2) is 95.5 Å². The summed E-state index contributed by atoms with van der Waals surface area (Å²) in [5.74, 6) is -0.343. The van der Waals surface area contributed by atoms with Crippen molar-refractivity contribution in [2.24, 2.45) is 11.1 Å². The quantitative estimate of drug-likeness (QED) is 0.252. The first kappa shape index (κ1) is 25.3. The van der Waals surface area contributed by atoms with Crippen LogP contribution in [0.2, 0.25) is 0 Å². The van der Waals surface area contributed by atoms with Crippen molar-refractivity contribution in [2.45, 2.75) is 31.6 Å². The van der Waals surface area contributed by atoms with Gasteiger partial charge < -0.3 is 20.7 Å². The molecule has 0 spiro atoms. The summed E-state index contributed by atoms with van der Waals surface area (Å²) in [7, 11) is 0. The van der Waals surface area contributed by atoms with Crippen LogP contribution in [0.25, 0.3) is 16.8 Å². The second kappa shape index (κ2) is 9.64. The maximum atomic E-state index is 12.7. The van der Waals surface area contributed by atoms with Gasteiger partial charge in [-0.3, -0.25) is 9.59 Å². The van der Waals surface area contributed by atoms with Gasteiger partial charge in [-0.15, -0.1) is 0 Å². The summed E-state index contributed by atoms with van der Waals surface area (Å²) in [4.78, 5) is 29.1. The zero-order valence-electron chi connectivity index (χ0n) is 21.9. The average molecular weight is 533 g/mol. The molecule has 4 N–H and O–H groups in total. The number of benzene rings is 2. The Hall–Kier alpha value is -4.98. The van der Waals surface area contributed by atoms with Crippen LogP contribution in [-0.4, -0.2) is 27.1 Å². The summed E-state index contributed by atoms with van der Waals surface area (Å²) in [6.45, 7) is 1.82. The number of pyridine rings is 1. The first-order valence-electron chi connectivity index (χ1n) is 13.1. The Bertz CT molecular complexity index is 1680. The van der Waals surface area contributed by atoms with E-state index < -0.39 is 22.7 Å². The number of aromatic nitrogens is 2. The van der Waals surface area contributed by atoms with E-state index in [0.29, 0.717) is 53.5 Å². The molecule has 1 amide bonds. The number of nitrogens with two attached hydrogens (primary N) is 1. The summed E-state index contributed by atoms with van der Waals surface area (Å²) in [5, 5.41) is 18.0.